The Labute approximate surface area is 173 Å². The highest BCUT2D eigenvalue weighted by molar-refractivity contribution is 7.93. The van der Waals surface area contributed by atoms with Gasteiger partial charge in [0.15, 0.2) is 5.58 Å². The Bertz CT molecular complexity index is 1460. The number of sulfonamides is 1. The van der Waals surface area contributed by atoms with Gasteiger partial charge >= 0.3 is 0 Å². The number of amides is 1. The van der Waals surface area contributed by atoms with Crippen LogP contribution in [0.25, 0.3) is 21.9 Å². The normalized spacial score (nSPS) is 13.8. The number of rotatable bonds is 3. The Kier molecular flexibility index (Phi) is 3.76. The Hall–Kier alpha value is -3.39. The molecule has 5 rings (SSSR count). The molecule has 4 aromatic rings. The maximum Gasteiger partial charge on any atom is 0.262 e. The second-order valence-corrected chi connectivity index (χ2v) is 10.0. The minimum Gasteiger partial charge on any atom is -0.440 e. The molecule has 8 heteroatoms. The van der Waals surface area contributed by atoms with E-state index < -0.39 is 10.0 Å². The van der Waals surface area contributed by atoms with Gasteiger partial charge < -0.3 is 9.73 Å². The van der Waals surface area contributed by atoms with E-state index in [1.165, 1.54) is 6.07 Å². The Balaban J connectivity index is 1.57. The van der Waals surface area contributed by atoms with Crippen LogP contribution >= 0.6 is 0 Å². The Morgan fingerprint density at radius 1 is 1.07 bits per heavy atom. The standard InChI is InChI=1S/C22H19N3O4S/c1-22(2,3)21-24-16-11-12(7-9-17(16)29-21)25-30(27,28)18-10-8-15-19-13(18)5-4-6-14(19)20(26)23-15/h4-11,25H,1-3H3,(H,23,26). The van der Waals surface area contributed by atoms with Gasteiger partial charge in [-0.3, -0.25) is 9.52 Å². The van der Waals surface area contributed by atoms with E-state index in [0.717, 1.165) is 0 Å². The van der Waals surface area contributed by atoms with Crippen molar-refractivity contribution < 1.29 is 17.6 Å². The van der Waals surface area contributed by atoms with Crippen LogP contribution in [-0.2, 0) is 15.4 Å². The van der Waals surface area contributed by atoms with Crippen LogP contribution in [0, 0.1) is 0 Å². The third-order valence-corrected chi connectivity index (χ3v) is 6.50. The molecule has 0 bridgehead atoms. The van der Waals surface area contributed by atoms with Gasteiger partial charge in [0.05, 0.1) is 10.6 Å². The van der Waals surface area contributed by atoms with Crippen molar-refractivity contribution in [2.24, 2.45) is 0 Å². The summed E-state index contributed by atoms with van der Waals surface area (Å²) in [5.41, 5.74) is 2.39. The van der Waals surface area contributed by atoms with E-state index in [2.05, 4.69) is 15.0 Å². The van der Waals surface area contributed by atoms with Crippen molar-refractivity contribution in [1.29, 1.82) is 0 Å². The summed E-state index contributed by atoms with van der Waals surface area (Å²) in [6.07, 6.45) is 0. The lowest BCUT2D eigenvalue weighted by Gasteiger charge is -2.11. The summed E-state index contributed by atoms with van der Waals surface area (Å²) < 4.78 is 34.8. The number of hydrogen-bond acceptors (Lipinski definition) is 5. The molecule has 0 atom stereocenters. The first-order valence-corrected chi connectivity index (χ1v) is 10.9. The third kappa shape index (κ3) is 2.83. The molecule has 0 aliphatic carbocycles. The first kappa shape index (κ1) is 18.6. The highest BCUT2D eigenvalue weighted by Crippen LogP contribution is 2.37. The average molecular weight is 421 g/mol. The quantitative estimate of drug-likeness (QED) is 0.502. The lowest BCUT2D eigenvalue weighted by atomic mass is 9.97. The number of fused-ring (bicyclic) bond motifs is 1. The zero-order chi connectivity index (χ0) is 21.3. The first-order valence-electron chi connectivity index (χ1n) is 9.44. The third-order valence-electron chi connectivity index (χ3n) is 5.06. The molecule has 0 radical (unpaired) electrons. The van der Waals surface area contributed by atoms with Crippen LogP contribution in [-0.4, -0.2) is 19.3 Å². The van der Waals surface area contributed by atoms with Gasteiger partial charge in [0.1, 0.15) is 5.52 Å². The van der Waals surface area contributed by atoms with Gasteiger partial charge in [-0.25, -0.2) is 13.4 Å². The average Bonchev–Trinajstić information content (AvgIpc) is 3.24. The van der Waals surface area contributed by atoms with E-state index in [-0.39, 0.29) is 16.2 Å². The second-order valence-electron chi connectivity index (χ2n) is 8.35. The number of nitrogens with one attached hydrogen (secondary N) is 2. The van der Waals surface area contributed by atoms with Gasteiger partial charge in [-0.1, -0.05) is 32.9 Å². The predicted molar refractivity (Wildman–Crippen MR) is 115 cm³/mol. The van der Waals surface area contributed by atoms with E-state index in [9.17, 15) is 13.2 Å². The van der Waals surface area contributed by atoms with Crippen LogP contribution in [0.2, 0.25) is 0 Å². The predicted octanol–water partition coefficient (Wildman–Crippen LogP) is 4.65. The van der Waals surface area contributed by atoms with Crippen molar-refractivity contribution in [2.75, 3.05) is 10.0 Å². The van der Waals surface area contributed by atoms with Gasteiger partial charge in [-0.05, 0) is 36.4 Å². The van der Waals surface area contributed by atoms with Gasteiger partial charge in [-0.2, -0.15) is 0 Å². The van der Waals surface area contributed by atoms with Crippen molar-refractivity contribution in [2.45, 2.75) is 31.1 Å². The molecule has 0 fully saturated rings. The Morgan fingerprint density at radius 2 is 1.87 bits per heavy atom. The van der Waals surface area contributed by atoms with Gasteiger partial charge in [0.25, 0.3) is 15.9 Å². The number of hydrogen-bond donors (Lipinski definition) is 2. The number of aromatic nitrogens is 1. The molecule has 7 nitrogen and oxygen atoms in total. The van der Waals surface area contributed by atoms with Crippen molar-refractivity contribution in [3.05, 3.63) is 60.0 Å². The van der Waals surface area contributed by atoms with Crippen LogP contribution in [0.4, 0.5) is 11.4 Å². The summed E-state index contributed by atoms with van der Waals surface area (Å²) in [5.74, 6) is 0.353. The van der Waals surface area contributed by atoms with E-state index >= 15 is 0 Å². The molecular weight excluding hydrogens is 402 g/mol. The number of oxazole rings is 1. The first-order chi connectivity index (χ1) is 14.1. The van der Waals surface area contributed by atoms with Gasteiger partial charge in [0, 0.05) is 27.4 Å². The number of carbonyl (C=O) groups is 1. The summed E-state index contributed by atoms with van der Waals surface area (Å²) >= 11 is 0. The molecule has 0 saturated heterocycles. The molecule has 1 aliphatic heterocycles. The van der Waals surface area contributed by atoms with Crippen molar-refractivity contribution in [1.82, 2.24) is 4.98 Å². The molecule has 2 heterocycles. The van der Waals surface area contributed by atoms with Crippen LogP contribution in [0.3, 0.4) is 0 Å². The number of nitrogens with zero attached hydrogens (tertiary/aromatic N) is 1. The van der Waals surface area contributed by atoms with E-state index in [4.69, 9.17) is 4.42 Å². The van der Waals surface area contributed by atoms with Crippen LogP contribution in [0.1, 0.15) is 37.0 Å². The lowest BCUT2D eigenvalue weighted by molar-refractivity contribution is 0.103. The Morgan fingerprint density at radius 3 is 2.63 bits per heavy atom. The van der Waals surface area contributed by atoms with Crippen LogP contribution in [0.5, 0.6) is 0 Å². The lowest BCUT2D eigenvalue weighted by Crippen LogP contribution is -2.13. The van der Waals surface area contributed by atoms with Crippen molar-refractivity contribution in [3.8, 4) is 0 Å². The molecule has 30 heavy (non-hydrogen) atoms. The molecule has 1 aliphatic rings. The van der Waals surface area contributed by atoms with Gasteiger partial charge in [-0.15, -0.1) is 0 Å². The van der Waals surface area contributed by atoms with Gasteiger partial charge in [0.2, 0.25) is 5.89 Å². The van der Waals surface area contributed by atoms with E-state index in [1.54, 1.807) is 42.5 Å². The molecule has 1 aromatic heterocycles. The summed E-state index contributed by atoms with van der Waals surface area (Å²) in [4.78, 5) is 16.7. The molecule has 0 saturated carbocycles. The molecule has 2 N–H and O–H groups in total. The molecule has 1 amide bonds. The molecule has 152 valence electrons. The fourth-order valence-electron chi connectivity index (χ4n) is 3.62. The van der Waals surface area contributed by atoms with E-state index in [1.807, 2.05) is 20.8 Å². The number of carbonyl (C=O) groups excluding carboxylic acids is 1. The molecular formula is C22H19N3O4S. The van der Waals surface area contributed by atoms with Crippen LogP contribution < -0.4 is 10.0 Å². The second kappa shape index (κ2) is 6.06. The SMILES string of the molecule is CC(C)(C)c1nc2cc(NS(=O)(=O)c3ccc4c5c(cccc35)C(=O)N4)ccc2o1. The molecule has 3 aromatic carbocycles. The van der Waals surface area contributed by atoms with Crippen molar-refractivity contribution >= 4 is 49.2 Å². The topological polar surface area (TPSA) is 101 Å². The smallest absolute Gasteiger partial charge is 0.262 e. The van der Waals surface area contributed by atoms with E-state index in [0.29, 0.717) is 44.7 Å². The fraction of sp³-hybridized carbons (Fsp3) is 0.182. The highest BCUT2D eigenvalue weighted by atomic mass is 32.2. The largest absolute Gasteiger partial charge is 0.440 e. The summed E-state index contributed by atoms with van der Waals surface area (Å²) in [6.45, 7) is 5.99. The highest BCUT2D eigenvalue weighted by Gasteiger charge is 2.26. The van der Waals surface area contributed by atoms with Crippen molar-refractivity contribution in [3.63, 3.8) is 0 Å². The molecule has 0 spiro atoms. The maximum atomic E-state index is 13.2. The maximum absolute atomic E-state index is 13.2. The number of benzene rings is 3. The summed E-state index contributed by atoms with van der Waals surface area (Å²) in [6, 6.07) is 13.2. The zero-order valence-electron chi connectivity index (χ0n) is 16.6. The number of anilines is 2. The molecule has 0 unspecified atom stereocenters. The minimum absolute atomic E-state index is 0.107. The summed E-state index contributed by atoms with van der Waals surface area (Å²) in [7, 11) is -3.90. The zero-order valence-corrected chi connectivity index (χ0v) is 17.4. The minimum atomic E-state index is -3.90. The monoisotopic (exact) mass is 421 g/mol. The summed E-state index contributed by atoms with van der Waals surface area (Å²) in [5, 5.41) is 3.87. The fourth-order valence-corrected chi connectivity index (χ4v) is 4.87. The van der Waals surface area contributed by atoms with Crippen LogP contribution in [0.15, 0.2) is 57.8 Å².